The lowest BCUT2D eigenvalue weighted by molar-refractivity contribution is 0.0511. The summed E-state index contributed by atoms with van der Waals surface area (Å²) in [5.74, 6) is 1.05. The molecule has 1 saturated heterocycles. The summed E-state index contributed by atoms with van der Waals surface area (Å²) in [5, 5.41) is 6.39. The normalized spacial score (nSPS) is 16.7. The topological polar surface area (TPSA) is 68.8 Å². The Bertz CT molecular complexity index is 522. The number of rotatable bonds is 7. The highest BCUT2D eigenvalue weighted by Gasteiger charge is 2.32. The molecule has 0 aliphatic carbocycles. The van der Waals surface area contributed by atoms with Gasteiger partial charge in [-0.05, 0) is 44.1 Å². The van der Waals surface area contributed by atoms with Gasteiger partial charge >= 0.3 is 0 Å². The molecule has 1 aromatic carbocycles. The largest absolute Gasteiger partial charge is 0.493 e. The molecular weight excluding hydrogens is 296 g/mol. The second kappa shape index (κ2) is 8.17. The summed E-state index contributed by atoms with van der Waals surface area (Å²) in [4.78, 5) is 12.4. The highest BCUT2D eigenvalue weighted by Crippen LogP contribution is 2.29. The first-order valence-corrected chi connectivity index (χ1v) is 7.84. The van der Waals surface area contributed by atoms with Crippen LogP contribution in [-0.2, 0) is 4.74 Å². The highest BCUT2D eigenvalue weighted by atomic mass is 16.5. The molecule has 2 rings (SSSR count). The molecule has 1 aliphatic heterocycles. The minimum atomic E-state index is -0.111. The van der Waals surface area contributed by atoms with Crippen molar-refractivity contribution in [3.63, 3.8) is 0 Å². The van der Waals surface area contributed by atoms with Crippen LogP contribution >= 0.6 is 0 Å². The van der Waals surface area contributed by atoms with E-state index in [0.717, 1.165) is 25.9 Å². The number of ether oxygens (including phenoxy) is 3. The molecule has 1 aromatic rings. The number of carbonyl (C=O) groups excluding carboxylic acids is 1. The molecule has 23 heavy (non-hydrogen) atoms. The van der Waals surface area contributed by atoms with Crippen molar-refractivity contribution in [2.45, 2.75) is 12.8 Å². The molecule has 0 spiro atoms. The Labute approximate surface area is 137 Å². The monoisotopic (exact) mass is 322 g/mol. The van der Waals surface area contributed by atoms with Crippen molar-refractivity contribution >= 4 is 5.91 Å². The SMILES string of the molecule is COCC1(CNC(=O)c2ccc(OC)c(OC)c2)CCNCC1. The first kappa shape index (κ1) is 17.6. The summed E-state index contributed by atoms with van der Waals surface area (Å²) in [6.45, 7) is 3.17. The molecule has 0 unspecified atom stereocenters. The number of hydrogen-bond acceptors (Lipinski definition) is 5. The van der Waals surface area contributed by atoms with Crippen LogP contribution in [0.25, 0.3) is 0 Å². The van der Waals surface area contributed by atoms with Gasteiger partial charge in [0.1, 0.15) is 0 Å². The van der Waals surface area contributed by atoms with Gasteiger partial charge in [0, 0.05) is 24.6 Å². The van der Waals surface area contributed by atoms with E-state index in [1.165, 1.54) is 0 Å². The zero-order chi connectivity index (χ0) is 16.7. The maximum absolute atomic E-state index is 12.4. The van der Waals surface area contributed by atoms with E-state index < -0.39 is 0 Å². The molecule has 0 radical (unpaired) electrons. The predicted octanol–water partition coefficient (Wildman–Crippen LogP) is 1.45. The van der Waals surface area contributed by atoms with Gasteiger partial charge in [0.2, 0.25) is 0 Å². The number of nitrogens with one attached hydrogen (secondary N) is 2. The third kappa shape index (κ3) is 4.36. The smallest absolute Gasteiger partial charge is 0.251 e. The number of benzene rings is 1. The van der Waals surface area contributed by atoms with E-state index >= 15 is 0 Å². The highest BCUT2D eigenvalue weighted by molar-refractivity contribution is 5.94. The van der Waals surface area contributed by atoms with Gasteiger partial charge in [0.05, 0.1) is 20.8 Å². The molecule has 1 aliphatic rings. The van der Waals surface area contributed by atoms with Crippen LogP contribution in [0, 0.1) is 5.41 Å². The van der Waals surface area contributed by atoms with Crippen LogP contribution in [0.5, 0.6) is 11.5 Å². The van der Waals surface area contributed by atoms with Crippen molar-refractivity contribution in [1.82, 2.24) is 10.6 Å². The van der Waals surface area contributed by atoms with Crippen LogP contribution in [0.15, 0.2) is 18.2 Å². The van der Waals surface area contributed by atoms with Crippen molar-refractivity contribution < 1.29 is 19.0 Å². The zero-order valence-corrected chi connectivity index (χ0v) is 14.1. The van der Waals surface area contributed by atoms with E-state index in [4.69, 9.17) is 14.2 Å². The molecule has 2 N–H and O–H groups in total. The first-order chi connectivity index (χ1) is 11.1. The Hall–Kier alpha value is -1.79. The Morgan fingerprint density at radius 1 is 1.17 bits per heavy atom. The fourth-order valence-corrected chi connectivity index (χ4v) is 2.98. The van der Waals surface area contributed by atoms with Gasteiger partial charge < -0.3 is 24.8 Å². The Morgan fingerprint density at radius 2 is 1.87 bits per heavy atom. The van der Waals surface area contributed by atoms with Gasteiger partial charge in [-0.25, -0.2) is 0 Å². The second-order valence-corrected chi connectivity index (χ2v) is 5.94. The lowest BCUT2D eigenvalue weighted by Crippen LogP contribution is -2.47. The van der Waals surface area contributed by atoms with Crippen LogP contribution in [0.1, 0.15) is 23.2 Å². The van der Waals surface area contributed by atoms with Crippen molar-refractivity contribution in [1.29, 1.82) is 0 Å². The van der Waals surface area contributed by atoms with E-state index in [-0.39, 0.29) is 11.3 Å². The molecule has 0 bridgehead atoms. The van der Waals surface area contributed by atoms with Crippen molar-refractivity contribution in [2.75, 3.05) is 47.6 Å². The molecule has 0 aromatic heterocycles. The van der Waals surface area contributed by atoms with Crippen molar-refractivity contribution in [3.05, 3.63) is 23.8 Å². The summed E-state index contributed by atoms with van der Waals surface area (Å²) in [5.41, 5.74) is 0.566. The zero-order valence-electron chi connectivity index (χ0n) is 14.1. The third-order valence-electron chi connectivity index (χ3n) is 4.38. The van der Waals surface area contributed by atoms with E-state index in [2.05, 4.69) is 10.6 Å². The maximum Gasteiger partial charge on any atom is 0.251 e. The minimum absolute atomic E-state index is 0.00617. The Morgan fingerprint density at radius 3 is 2.48 bits per heavy atom. The molecule has 6 nitrogen and oxygen atoms in total. The molecule has 1 heterocycles. The third-order valence-corrected chi connectivity index (χ3v) is 4.38. The molecule has 6 heteroatoms. The van der Waals surface area contributed by atoms with Crippen molar-refractivity contribution in [2.24, 2.45) is 5.41 Å². The van der Waals surface area contributed by atoms with E-state index in [1.807, 2.05) is 0 Å². The summed E-state index contributed by atoms with van der Waals surface area (Å²) in [7, 11) is 4.84. The predicted molar refractivity (Wildman–Crippen MR) is 88.3 cm³/mol. The van der Waals surface area contributed by atoms with Crippen LogP contribution in [0.4, 0.5) is 0 Å². The number of carbonyl (C=O) groups is 1. The van der Waals surface area contributed by atoms with Gasteiger partial charge in [-0.1, -0.05) is 0 Å². The fraction of sp³-hybridized carbons (Fsp3) is 0.588. The van der Waals surface area contributed by atoms with Crippen LogP contribution in [0.3, 0.4) is 0 Å². The number of hydrogen-bond donors (Lipinski definition) is 2. The number of piperidine rings is 1. The average molecular weight is 322 g/mol. The van der Waals surface area contributed by atoms with Crippen LogP contribution in [0.2, 0.25) is 0 Å². The Balaban J connectivity index is 2.03. The number of amides is 1. The van der Waals surface area contributed by atoms with Gasteiger partial charge in [0.15, 0.2) is 11.5 Å². The lowest BCUT2D eigenvalue weighted by Gasteiger charge is -2.37. The van der Waals surface area contributed by atoms with Crippen molar-refractivity contribution in [3.8, 4) is 11.5 Å². The minimum Gasteiger partial charge on any atom is -0.493 e. The molecule has 0 saturated carbocycles. The molecular formula is C17H26N2O4. The van der Waals surface area contributed by atoms with E-state index in [1.54, 1.807) is 39.5 Å². The summed E-state index contributed by atoms with van der Waals surface area (Å²) >= 11 is 0. The summed E-state index contributed by atoms with van der Waals surface area (Å²) in [6.07, 6.45) is 1.99. The average Bonchev–Trinajstić information content (AvgIpc) is 2.60. The van der Waals surface area contributed by atoms with Gasteiger partial charge in [-0.2, -0.15) is 0 Å². The molecule has 128 valence electrons. The van der Waals surface area contributed by atoms with E-state index in [9.17, 15) is 4.79 Å². The second-order valence-electron chi connectivity index (χ2n) is 5.94. The summed E-state index contributed by atoms with van der Waals surface area (Å²) in [6, 6.07) is 5.17. The Kier molecular flexibility index (Phi) is 6.24. The first-order valence-electron chi connectivity index (χ1n) is 7.84. The quantitative estimate of drug-likeness (QED) is 0.795. The number of methoxy groups -OCH3 is 3. The molecule has 1 amide bonds. The van der Waals surface area contributed by atoms with Gasteiger partial charge in [-0.3, -0.25) is 4.79 Å². The molecule has 0 atom stereocenters. The lowest BCUT2D eigenvalue weighted by atomic mass is 9.79. The van der Waals surface area contributed by atoms with Gasteiger partial charge in [-0.15, -0.1) is 0 Å². The molecule has 1 fully saturated rings. The maximum atomic E-state index is 12.4. The standard InChI is InChI=1S/C17H26N2O4/c1-21-12-17(6-8-18-9-7-17)11-19-16(20)13-4-5-14(22-2)15(10-13)23-3/h4-5,10,18H,6-9,11-12H2,1-3H3,(H,19,20). The van der Waals surface area contributed by atoms with Gasteiger partial charge in [0.25, 0.3) is 5.91 Å². The van der Waals surface area contributed by atoms with E-state index in [0.29, 0.717) is 30.2 Å². The van der Waals surface area contributed by atoms with Crippen LogP contribution in [-0.4, -0.2) is 53.5 Å². The van der Waals surface area contributed by atoms with Crippen LogP contribution < -0.4 is 20.1 Å². The fourth-order valence-electron chi connectivity index (χ4n) is 2.98. The summed E-state index contributed by atoms with van der Waals surface area (Å²) < 4.78 is 15.8.